The predicted molar refractivity (Wildman–Crippen MR) is 86.1 cm³/mol. The Morgan fingerprint density at radius 2 is 1.74 bits per heavy atom. The first-order valence-electron chi connectivity index (χ1n) is 7.22. The van der Waals surface area contributed by atoms with Crippen LogP contribution in [-0.4, -0.2) is 19.1 Å². The number of likely N-dealkylation sites (N-methyl/N-ethyl adjacent to an activating group) is 1. The molecule has 0 aromatic heterocycles. The molecule has 0 aliphatic carbocycles. The van der Waals surface area contributed by atoms with E-state index < -0.39 is 6.10 Å². The van der Waals surface area contributed by atoms with Gasteiger partial charge in [0.25, 0.3) is 5.91 Å². The van der Waals surface area contributed by atoms with Crippen LogP contribution in [0.3, 0.4) is 0 Å². The fraction of sp³-hybridized carbons (Fsp3) is 0.222. The number of benzene rings is 2. The van der Waals surface area contributed by atoms with Crippen molar-refractivity contribution < 1.29 is 14.3 Å². The molecule has 5 heteroatoms. The summed E-state index contributed by atoms with van der Waals surface area (Å²) in [5.41, 5.74) is 1.61. The maximum atomic E-state index is 11.4. The summed E-state index contributed by atoms with van der Waals surface area (Å²) in [5, 5.41) is 11.3. The quantitative estimate of drug-likeness (QED) is 0.890. The van der Waals surface area contributed by atoms with Crippen molar-refractivity contribution >= 4 is 5.91 Å². The van der Waals surface area contributed by atoms with Crippen molar-refractivity contribution in [2.24, 2.45) is 0 Å². The molecule has 0 aliphatic rings. The lowest BCUT2D eigenvalue weighted by Gasteiger charge is -2.13. The highest BCUT2D eigenvalue weighted by Crippen LogP contribution is 2.19. The number of carbonyl (C=O) groups is 1. The SMILES string of the molecule is CNC(=O)C(C)Oc1ccc(OCc2ccc(C#N)cc2)cc1. The highest BCUT2D eigenvalue weighted by molar-refractivity contribution is 5.80. The summed E-state index contributed by atoms with van der Waals surface area (Å²) >= 11 is 0. The standard InChI is InChI=1S/C18H18N2O3/c1-13(18(21)20-2)23-17-9-7-16(8-10-17)22-12-15-5-3-14(11-19)4-6-15/h3-10,13H,12H2,1-2H3,(H,20,21). The lowest BCUT2D eigenvalue weighted by atomic mass is 10.2. The van der Waals surface area contributed by atoms with Gasteiger partial charge in [0.15, 0.2) is 6.10 Å². The van der Waals surface area contributed by atoms with Gasteiger partial charge in [0.2, 0.25) is 0 Å². The number of carbonyl (C=O) groups excluding carboxylic acids is 1. The van der Waals surface area contributed by atoms with Gasteiger partial charge in [-0.3, -0.25) is 4.79 Å². The van der Waals surface area contributed by atoms with E-state index in [0.29, 0.717) is 23.7 Å². The second-order valence-corrected chi connectivity index (χ2v) is 4.94. The molecule has 0 radical (unpaired) electrons. The molecule has 5 nitrogen and oxygen atoms in total. The summed E-state index contributed by atoms with van der Waals surface area (Å²) in [5.74, 6) is 1.13. The smallest absolute Gasteiger partial charge is 0.260 e. The van der Waals surface area contributed by atoms with Crippen molar-refractivity contribution in [3.8, 4) is 17.6 Å². The minimum atomic E-state index is -0.551. The molecule has 1 atom stereocenters. The normalized spacial score (nSPS) is 11.2. The third-order valence-electron chi connectivity index (χ3n) is 3.24. The van der Waals surface area contributed by atoms with Gasteiger partial charge in [0.05, 0.1) is 11.6 Å². The number of nitrogens with zero attached hydrogens (tertiary/aromatic N) is 1. The van der Waals surface area contributed by atoms with E-state index in [4.69, 9.17) is 14.7 Å². The minimum Gasteiger partial charge on any atom is -0.489 e. The van der Waals surface area contributed by atoms with Crippen LogP contribution in [0.15, 0.2) is 48.5 Å². The van der Waals surface area contributed by atoms with Crippen molar-refractivity contribution in [3.63, 3.8) is 0 Å². The van der Waals surface area contributed by atoms with E-state index in [2.05, 4.69) is 11.4 Å². The van der Waals surface area contributed by atoms with Crippen LogP contribution in [0, 0.1) is 11.3 Å². The first-order chi connectivity index (χ1) is 11.1. The predicted octanol–water partition coefficient (Wildman–Crippen LogP) is 2.65. The van der Waals surface area contributed by atoms with Crippen LogP contribution < -0.4 is 14.8 Å². The second kappa shape index (κ2) is 7.85. The molecule has 0 saturated carbocycles. The average Bonchev–Trinajstić information content (AvgIpc) is 2.60. The molecule has 0 fully saturated rings. The van der Waals surface area contributed by atoms with Crippen LogP contribution in [0.1, 0.15) is 18.1 Å². The lowest BCUT2D eigenvalue weighted by molar-refractivity contribution is -0.126. The molecule has 1 N–H and O–H groups in total. The number of amides is 1. The Morgan fingerprint density at radius 3 is 2.30 bits per heavy atom. The highest BCUT2D eigenvalue weighted by atomic mass is 16.5. The van der Waals surface area contributed by atoms with Crippen molar-refractivity contribution in [2.75, 3.05) is 7.05 Å². The molecule has 1 amide bonds. The van der Waals surface area contributed by atoms with Gasteiger partial charge < -0.3 is 14.8 Å². The van der Waals surface area contributed by atoms with Crippen LogP contribution in [0.4, 0.5) is 0 Å². The topological polar surface area (TPSA) is 71.3 Å². The van der Waals surface area contributed by atoms with E-state index in [0.717, 1.165) is 5.56 Å². The van der Waals surface area contributed by atoms with E-state index in [1.54, 1.807) is 50.4 Å². The number of rotatable bonds is 6. The van der Waals surface area contributed by atoms with Gasteiger partial charge in [-0.15, -0.1) is 0 Å². The summed E-state index contributed by atoms with van der Waals surface area (Å²) < 4.78 is 11.2. The number of ether oxygens (including phenoxy) is 2. The fourth-order valence-electron chi connectivity index (χ4n) is 1.92. The highest BCUT2D eigenvalue weighted by Gasteiger charge is 2.12. The molecule has 2 rings (SSSR count). The maximum absolute atomic E-state index is 11.4. The van der Waals surface area contributed by atoms with Crippen molar-refractivity contribution in [2.45, 2.75) is 19.6 Å². The van der Waals surface area contributed by atoms with Crippen molar-refractivity contribution in [3.05, 3.63) is 59.7 Å². The second-order valence-electron chi connectivity index (χ2n) is 4.94. The summed E-state index contributed by atoms with van der Waals surface area (Å²) in [6, 6.07) is 16.4. The van der Waals surface area contributed by atoms with Gasteiger partial charge in [-0.05, 0) is 48.9 Å². The van der Waals surface area contributed by atoms with Gasteiger partial charge >= 0.3 is 0 Å². The molecule has 2 aromatic rings. The molecule has 0 saturated heterocycles. The van der Waals surface area contributed by atoms with Crippen LogP contribution in [0.25, 0.3) is 0 Å². The summed E-state index contributed by atoms with van der Waals surface area (Å²) in [6.45, 7) is 2.11. The zero-order chi connectivity index (χ0) is 16.7. The molecule has 2 aromatic carbocycles. The number of nitrogens with one attached hydrogen (secondary N) is 1. The molecule has 0 bridgehead atoms. The Morgan fingerprint density at radius 1 is 1.13 bits per heavy atom. The van der Waals surface area contributed by atoms with Gasteiger partial charge in [0, 0.05) is 7.05 Å². The Bertz CT molecular complexity index is 688. The average molecular weight is 310 g/mol. The van der Waals surface area contributed by atoms with E-state index in [-0.39, 0.29) is 5.91 Å². The third kappa shape index (κ3) is 4.75. The Labute approximate surface area is 135 Å². The summed E-state index contributed by atoms with van der Waals surface area (Å²) in [4.78, 5) is 11.4. The molecule has 118 valence electrons. The number of nitriles is 1. The van der Waals surface area contributed by atoms with Crippen molar-refractivity contribution in [1.29, 1.82) is 5.26 Å². The molecule has 0 spiro atoms. The van der Waals surface area contributed by atoms with E-state index >= 15 is 0 Å². The van der Waals surface area contributed by atoms with E-state index in [9.17, 15) is 4.79 Å². The van der Waals surface area contributed by atoms with Crippen LogP contribution >= 0.6 is 0 Å². The van der Waals surface area contributed by atoms with Crippen molar-refractivity contribution in [1.82, 2.24) is 5.32 Å². The van der Waals surface area contributed by atoms with Gasteiger partial charge in [-0.2, -0.15) is 5.26 Å². The lowest BCUT2D eigenvalue weighted by Crippen LogP contribution is -2.33. The maximum Gasteiger partial charge on any atom is 0.260 e. The molecule has 0 aliphatic heterocycles. The fourth-order valence-corrected chi connectivity index (χ4v) is 1.92. The third-order valence-corrected chi connectivity index (χ3v) is 3.24. The molecule has 23 heavy (non-hydrogen) atoms. The molecular weight excluding hydrogens is 292 g/mol. The summed E-state index contributed by atoms with van der Waals surface area (Å²) in [7, 11) is 1.57. The van der Waals surface area contributed by atoms with E-state index in [1.165, 1.54) is 0 Å². The molecular formula is C18H18N2O3. The number of hydrogen-bond donors (Lipinski definition) is 1. The largest absolute Gasteiger partial charge is 0.489 e. The minimum absolute atomic E-state index is 0.175. The molecule has 1 unspecified atom stereocenters. The zero-order valence-electron chi connectivity index (χ0n) is 13.1. The Balaban J connectivity index is 1.89. The van der Waals surface area contributed by atoms with E-state index in [1.807, 2.05) is 12.1 Å². The van der Waals surface area contributed by atoms with Gasteiger partial charge in [-0.1, -0.05) is 12.1 Å². The Kier molecular flexibility index (Phi) is 5.59. The van der Waals surface area contributed by atoms with Crippen LogP contribution in [0.5, 0.6) is 11.5 Å². The van der Waals surface area contributed by atoms with Gasteiger partial charge in [-0.25, -0.2) is 0 Å². The Hall–Kier alpha value is -3.00. The van der Waals surface area contributed by atoms with Crippen LogP contribution in [-0.2, 0) is 11.4 Å². The summed E-state index contributed by atoms with van der Waals surface area (Å²) in [6.07, 6.45) is -0.551. The molecule has 0 heterocycles. The van der Waals surface area contributed by atoms with Crippen LogP contribution in [0.2, 0.25) is 0 Å². The first kappa shape index (κ1) is 16.4. The zero-order valence-corrected chi connectivity index (χ0v) is 13.1. The monoisotopic (exact) mass is 310 g/mol. The number of hydrogen-bond acceptors (Lipinski definition) is 4. The first-order valence-corrected chi connectivity index (χ1v) is 7.22. The van der Waals surface area contributed by atoms with Gasteiger partial charge in [0.1, 0.15) is 18.1 Å².